The third kappa shape index (κ3) is 3.55. The molecule has 19 heavy (non-hydrogen) atoms. The quantitative estimate of drug-likeness (QED) is 0.892. The molecule has 1 atom stereocenters. The van der Waals surface area contributed by atoms with Gasteiger partial charge in [-0.3, -0.25) is 0 Å². The average molecular weight is 256 g/mol. The molecule has 0 bridgehead atoms. The lowest BCUT2D eigenvalue weighted by Crippen LogP contribution is -2.23. The monoisotopic (exact) mass is 256 g/mol. The largest absolute Gasteiger partial charge is 0.389 e. The first-order chi connectivity index (χ1) is 9.20. The molecule has 0 saturated heterocycles. The van der Waals surface area contributed by atoms with Crippen LogP contribution in [-0.4, -0.2) is 16.6 Å². The van der Waals surface area contributed by atoms with Crippen molar-refractivity contribution in [2.75, 3.05) is 11.4 Å². The molecule has 0 saturated carbocycles. The van der Waals surface area contributed by atoms with Gasteiger partial charge in [0.2, 0.25) is 0 Å². The van der Waals surface area contributed by atoms with E-state index >= 15 is 0 Å². The van der Waals surface area contributed by atoms with E-state index in [9.17, 15) is 5.11 Å². The SMILES string of the molecule is CCN(Cc1ccccc1)c1cc([C@H](C)O)ccn1. The minimum atomic E-state index is -0.461. The highest BCUT2D eigenvalue weighted by atomic mass is 16.3. The zero-order valence-corrected chi connectivity index (χ0v) is 11.5. The Morgan fingerprint density at radius 1 is 1.21 bits per heavy atom. The Kier molecular flexibility index (Phi) is 4.53. The number of hydrogen-bond donors (Lipinski definition) is 1. The van der Waals surface area contributed by atoms with Crippen LogP contribution in [0.2, 0.25) is 0 Å². The number of aromatic nitrogens is 1. The maximum Gasteiger partial charge on any atom is 0.129 e. The summed E-state index contributed by atoms with van der Waals surface area (Å²) >= 11 is 0. The van der Waals surface area contributed by atoms with E-state index in [4.69, 9.17) is 0 Å². The van der Waals surface area contributed by atoms with Crippen LogP contribution < -0.4 is 4.90 Å². The Hall–Kier alpha value is -1.87. The number of anilines is 1. The van der Waals surface area contributed by atoms with E-state index in [0.29, 0.717) is 0 Å². The molecule has 1 heterocycles. The van der Waals surface area contributed by atoms with Crippen molar-refractivity contribution in [3.63, 3.8) is 0 Å². The summed E-state index contributed by atoms with van der Waals surface area (Å²) in [6.07, 6.45) is 1.29. The van der Waals surface area contributed by atoms with Crippen molar-refractivity contribution in [2.45, 2.75) is 26.5 Å². The molecule has 1 N–H and O–H groups in total. The molecule has 0 aliphatic rings. The van der Waals surface area contributed by atoms with Crippen LogP contribution in [0.4, 0.5) is 5.82 Å². The van der Waals surface area contributed by atoms with Gasteiger partial charge >= 0.3 is 0 Å². The summed E-state index contributed by atoms with van der Waals surface area (Å²) in [7, 11) is 0. The lowest BCUT2D eigenvalue weighted by atomic mass is 10.1. The summed E-state index contributed by atoms with van der Waals surface area (Å²) in [5.41, 5.74) is 2.16. The van der Waals surface area contributed by atoms with Gasteiger partial charge in [-0.05, 0) is 37.1 Å². The Bertz CT molecular complexity index is 511. The van der Waals surface area contributed by atoms with E-state index in [1.165, 1.54) is 5.56 Å². The van der Waals surface area contributed by atoms with Crippen LogP contribution in [0.25, 0.3) is 0 Å². The van der Waals surface area contributed by atoms with Crippen LogP contribution in [0.5, 0.6) is 0 Å². The Morgan fingerprint density at radius 2 is 1.95 bits per heavy atom. The summed E-state index contributed by atoms with van der Waals surface area (Å²) in [5, 5.41) is 9.65. The van der Waals surface area contributed by atoms with E-state index in [-0.39, 0.29) is 0 Å². The van der Waals surface area contributed by atoms with Crippen molar-refractivity contribution in [2.24, 2.45) is 0 Å². The van der Waals surface area contributed by atoms with Gasteiger partial charge in [0.25, 0.3) is 0 Å². The molecule has 0 amide bonds. The second kappa shape index (κ2) is 6.34. The number of nitrogens with zero attached hydrogens (tertiary/aromatic N) is 2. The van der Waals surface area contributed by atoms with Gasteiger partial charge in [-0.1, -0.05) is 30.3 Å². The van der Waals surface area contributed by atoms with E-state index in [2.05, 4.69) is 28.9 Å². The molecule has 2 aromatic rings. The van der Waals surface area contributed by atoms with Gasteiger partial charge in [-0.15, -0.1) is 0 Å². The lowest BCUT2D eigenvalue weighted by molar-refractivity contribution is 0.199. The van der Waals surface area contributed by atoms with Gasteiger partial charge < -0.3 is 10.0 Å². The fourth-order valence-corrected chi connectivity index (χ4v) is 2.03. The number of aliphatic hydroxyl groups is 1. The first-order valence-electron chi connectivity index (χ1n) is 6.63. The standard InChI is InChI=1S/C16H20N2O/c1-3-18(12-14-7-5-4-6-8-14)16-11-15(13(2)19)9-10-17-16/h4-11,13,19H,3,12H2,1-2H3/t13-/m0/s1. The Labute approximate surface area is 114 Å². The molecule has 0 radical (unpaired) electrons. The van der Waals surface area contributed by atoms with Crippen molar-refractivity contribution in [1.29, 1.82) is 0 Å². The van der Waals surface area contributed by atoms with E-state index < -0.39 is 6.10 Å². The van der Waals surface area contributed by atoms with Crippen LogP contribution in [0, 0.1) is 0 Å². The maximum absolute atomic E-state index is 9.65. The number of rotatable bonds is 5. The van der Waals surface area contributed by atoms with Crippen molar-refractivity contribution < 1.29 is 5.11 Å². The van der Waals surface area contributed by atoms with Gasteiger partial charge in [0.05, 0.1) is 6.10 Å². The predicted octanol–water partition coefficient (Wildman–Crippen LogP) is 3.16. The lowest BCUT2D eigenvalue weighted by Gasteiger charge is -2.22. The fourth-order valence-electron chi connectivity index (χ4n) is 2.03. The van der Waals surface area contributed by atoms with Crippen molar-refractivity contribution in [3.8, 4) is 0 Å². The minimum absolute atomic E-state index is 0.461. The molecule has 3 heteroatoms. The smallest absolute Gasteiger partial charge is 0.129 e. The summed E-state index contributed by atoms with van der Waals surface area (Å²) < 4.78 is 0. The molecule has 1 aromatic heterocycles. The van der Waals surface area contributed by atoms with Crippen molar-refractivity contribution in [1.82, 2.24) is 4.98 Å². The highest BCUT2D eigenvalue weighted by Gasteiger charge is 2.09. The molecule has 0 aliphatic carbocycles. The van der Waals surface area contributed by atoms with Crippen molar-refractivity contribution >= 4 is 5.82 Å². The molecule has 0 aliphatic heterocycles. The number of benzene rings is 1. The Balaban J connectivity index is 2.20. The summed E-state index contributed by atoms with van der Waals surface area (Å²) in [5.74, 6) is 0.907. The number of hydrogen-bond acceptors (Lipinski definition) is 3. The van der Waals surface area contributed by atoms with Crippen LogP contribution >= 0.6 is 0 Å². The highest BCUT2D eigenvalue weighted by molar-refractivity contribution is 5.42. The van der Waals surface area contributed by atoms with Gasteiger partial charge in [0.15, 0.2) is 0 Å². The molecule has 2 rings (SSSR count). The van der Waals surface area contributed by atoms with E-state index in [1.807, 2.05) is 30.3 Å². The highest BCUT2D eigenvalue weighted by Crippen LogP contribution is 2.19. The second-order valence-corrected chi connectivity index (χ2v) is 4.62. The molecule has 0 fully saturated rings. The van der Waals surface area contributed by atoms with Gasteiger partial charge in [0, 0.05) is 19.3 Å². The van der Waals surface area contributed by atoms with Crippen LogP contribution in [0.3, 0.4) is 0 Å². The molecule has 100 valence electrons. The fraction of sp³-hybridized carbons (Fsp3) is 0.312. The summed E-state index contributed by atoms with van der Waals surface area (Å²) in [4.78, 5) is 6.60. The first kappa shape index (κ1) is 13.6. The third-order valence-electron chi connectivity index (χ3n) is 3.17. The maximum atomic E-state index is 9.65. The zero-order valence-electron chi connectivity index (χ0n) is 11.5. The third-order valence-corrected chi connectivity index (χ3v) is 3.17. The second-order valence-electron chi connectivity index (χ2n) is 4.62. The number of aliphatic hydroxyl groups excluding tert-OH is 1. The van der Waals surface area contributed by atoms with E-state index in [1.54, 1.807) is 13.1 Å². The van der Waals surface area contributed by atoms with Gasteiger partial charge in [-0.25, -0.2) is 4.98 Å². The normalized spacial score (nSPS) is 12.2. The van der Waals surface area contributed by atoms with E-state index in [0.717, 1.165) is 24.5 Å². The molecule has 1 aromatic carbocycles. The molecular formula is C16H20N2O. The van der Waals surface area contributed by atoms with Gasteiger partial charge in [0.1, 0.15) is 5.82 Å². The summed E-state index contributed by atoms with van der Waals surface area (Å²) in [6, 6.07) is 14.1. The predicted molar refractivity (Wildman–Crippen MR) is 78.0 cm³/mol. The first-order valence-corrected chi connectivity index (χ1v) is 6.63. The van der Waals surface area contributed by atoms with Crippen LogP contribution in [0.15, 0.2) is 48.7 Å². The Morgan fingerprint density at radius 3 is 2.58 bits per heavy atom. The average Bonchev–Trinajstić information content (AvgIpc) is 2.46. The van der Waals surface area contributed by atoms with Crippen LogP contribution in [-0.2, 0) is 6.54 Å². The van der Waals surface area contributed by atoms with Crippen molar-refractivity contribution in [3.05, 3.63) is 59.8 Å². The zero-order chi connectivity index (χ0) is 13.7. The number of pyridine rings is 1. The molecule has 3 nitrogen and oxygen atoms in total. The van der Waals surface area contributed by atoms with Gasteiger partial charge in [-0.2, -0.15) is 0 Å². The molecular weight excluding hydrogens is 236 g/mol. The summed E-state index contributed by atoms with van der Waals surface area (Å²) in [6.45, 7) is 5.59. The molecule has 0 unspecified atom stereocenters. The topological polar surface area (TPSA) is 36.4 Å². The minimum Gasteiger partial charge on any atom is -0.389 e. The molecule has 0 spiro atoms. The van der Waals surface area contributed by atoms with Crippen LogP contribution in [0.1, 0.15) is 31.1 Å².